The Morgan fingerprint density at radius 2 is 2.18 bits per heavy atom. The molecule has 0 saturated carbocycles. The number of hydrogen-bond acceptors (Lipinski definition) is 3. The van der Waals surface area contributed by atoms with Crippen molar-refractivity contribution in [2.24, 2.45) is 10.8 Å². The molecule has 0 amide bonds. The van der Waals surface area contributed by atoms with Gasteiger partial charge in [0.05, 0.1) is 10.7 Å². The summed E-state index contributed by atoms with van der Waals surface area (Å²) >= 11 is 10.6. The van der Waals surface area contributed by atoms with Crippen LogP contribution >= 0.6 is 23.8 Å². The quantitative estimate of drug-likeness (QED) is 0.501. The van der Waals surface area contributed by atoms with E-state index in [1.807, 2.05) is 26.0 Å². The van der Waals surface area contributed by atoms with Crippen LogP contribution < -0.4 is 15.9 Å². The average Bonchev–Trinajstić information content (AvgIpc) is 2.28. The van der Waals surface area contributed by atoms with E-state index in [1.54, 1.807) is 12.1 Å². The summed E-state index contributed by atoms with van der Waals surface area (Å²) in [5.74, 6) is 0.617. The van der Waals surface area contributed by atoms with Crippen molar-refractivity contribution in [3.63, 3.8) is 0 Å². The topological polar surface area (TPSA) is 59.6 Å². The second-order valence-electron chi connectivity index (χ2n) is 3.42. The van der Waals surface area contributed by atoms with E-state index >= 15 is 0 Å². The van der Waals surface area contributed by atoms with Crippen LogP contribution in [0.15, 0.2) is 29.4 Å². The van der Waals surface area contributed by atoms with Gasteiger partial charge in [0, 0.05) is 0 Å². The zero-order chi connectivity index (χ0) is 12.8. The fraction of sp³-hybridized carbons (Fsp3) is 0.273. The molecule has 0 saturated heterocycles. The van der Waals surface area contributed by atoms with Gasteiger partial charge in [-0.3, -0.25) is 5.43 Å². The van der Waals surface area contributed by atoms with E-state index in [4.69, 9.17) is 22.1 Å². The summed E-state index contributed by atoms with van der Waals surface area (Å²) in [6.07, 6.45) is -0.225. The summed E-state index contributed by atoms with van der Waals surface area (Å²) < 4.78 is 5.65. The van der Waals surface area contributed by atoms with Gasteiger partial charge in [0.15, 0.2) is 5.11 Å². The molecule has 1 unspecified atom stereocenters. The van der Waals surface area contributed by atoms with E-state index in [0.717, 1.165) is 5.71 Å². The molecular formula is C11H14ClN3OS. The summed E-state index contributed by atoms with van der Waals surface area (Å²) in [6, 6.07) is 7.26. The Labute approximate surface area is 111 Å². The van der Waals surface area contributed by atoms with Gasteiger partial charge < -0.3 is 10.5 Å². The molecule has 1 aromatic rings. The van der Waals surface area contributed by atoms with Crippen molar-refractivity contribution in [1.29, 1.82) is 0 Å². The smallest absolute Gasteiger partial charge is 0.184 e. The van der Waals surface area contributed by atoms with Crippen LogP contribution in [0.5, 0.6) is 5.75 Å². The van der Waals surface area contributed by atoms with E-state index in [0.29, 0.717) is 10.8 Å². The summed E-state index contributed by atoms with van der Waals surface area (Å²) in [6.45, 7) is 3.68. The molecule has 0 spiro atoms. The maximum Gasteiger partial charge on any atom is 0.184 e. The van der Waals surface area contributed by atoms with Gasteiger partial charge in [-0.05, 0) is 38.2 Å². The van der Waals surface area contributed by atoms with Gasteiger partial charge in [-0.25, -0.2) is 0 Å². The lowest BCUT2D eigenvalue weighted by molar-refractivity contribution is 0.286. The van der Waals surface area contributed by atoms with Crippen molar-refractivity contribution in [3.05, 3.63) is 29.3 Å². The summed E-state index contributed by atoms with van der Waals surface area (Å²) in [7, 11) is 0. The van der Waals surface area contributed by atoms with Gasteiger partial charge in [-0.1, -0.05) is 23.7 Å². The predicted octanol–water partition coefficient (Wildman–Crippen LogP) is 2.32. The molecule has 6 heteroatoms. The molecule has 0 aliphatic heterocycles. The van der Waals surface area contributed by atoms with Gasteiger partial charge in [-0.2, -0.15) is 5.10 Å². The molecule has 17 heavy (non-hydrogen) atoms. The second kappa shape index (κ2) is 6.42. The molecule has 0 aliphatic rings. The fourth-order valence-corrected chi connectivity index (χ4v) is 1.28. The van der Waals surface area contributed by atoms with Gasteiger partial charge in [0.25, 0.3) is 0 Å². The average molecular weight is 272 g/mol. The predicted molar refractivity (Wildman–Crippen MR) is 74.6 cm³/mol. The summed E-state index contributed by atoms with van der Waals surface area (Å²) in [4.78, 5) is 0. The number of hydrogen-bond donors (Lipinski definition) is 2. The van der Waals surface area contributed by atoms with Crippen molar-refractivity contribution in [2.45, 2.75) is 20.0 Å². The number of benzene rings is 1. The summed E-state index contributed by atoms with van der Waals surface area (Å²) in [5.41, 5.74) is 8.50. The van der Waals surface area contributed by atoms with Crippen LogP contribution in [0.25, 0.3) is 0 Å². The highest BCUT2D eigenvalue weighted by atomic mass is 35.5. The molecule has 92 valence electrons. The Bertz CT molecular complexity index is 436. The largest absolute Gasteiger partial charge is 0.483 e. The van der Waals surface area contributed by atoms with Crippen LogP contribution in [0.4, 0.5) is 0 Å². The Kier molecular flexibility index (Phi) is 5.18. The molecule has 1 aromatic carbocycles. The van der Waals surface area contributed by atoms with Gasteiger partial charge in [0.2, 0.25) is 0 Å². The maximum atomic E-state index is 5.98. The number of nitrogens with one attached hydrogen (secondary N) is 1. The normalized spacial score (nSPS) is 13.0. The van der Waals surface area contributed by atoms with Crippen molar-refractivity contribution < 1.29 is 4.74 Å². The van der Waals surface area contributed by atoms with Gasteiger partial charge >= 0.3 is 0 Å². The number of halogens is 1. The van der Waals surface area contributed by atoms with Gasteiger partial charge in [0.1, 0.15) is 11.9 Å². The van der Waals surface area contributed by atoms with Crippen molar-refractivity contribution >= 4 is 34.6 Å². The van der Waals surface area contributed by atoms with Crippen LogP contribution in [-0.4, -0.2) is 16.9 Å². The van der Waals surface area contributed by atoms with Crippen molar-refractivity contribution in [3.8, 4) is 5.75 Å². The van der Waals surface area contributed by atoms with E-state index in [2.05, 4.69) is 22.7 Å². The molecule has 4 nitrogen and oxygen atoms in total. The highest BCUT2D eigenvalue weighted by Gasteiger charge is 2.09. The van der Waals surface area contributed by atoms with Crippen molar-refractivity contribution in [2.75, 3.05) is 0 Å². The zero-order valence-electron chi connectivity index (χ0n) is 9.61. The summed E-state index contributed by atoms with van der Waals surface area (Å²) in [5, 5.41) is 4.67. The first kappa shape index (κ1) is 13.7. The number of nitrogens with two attached hydrogens (primary N) is 1. The van der Waals surface area contributed by atoms with Crippen LogP contribution in [0.3, 0.4) is 0 Å². The molecule has 0 aliphatic carbocycles. The van der Waals surface area contributed by atoms with Crippen LogP contribution in [-0.2, 0) is 0 Å². The number of rotatable bonds is 4. The monoisotopic (exact) mass is 271 g/mol. The highest BCUT2D eigenvalue weighted by Crippen LogP contribution is 2.24. The first-order valence-corrected chi connectivity index (χ1v) is 5.80. The van der Waals surface area contributed by atoms with Crippen LogP contribution in [0, 0.1) is 0 Å². The van der Waals surface area contributed by atoms with Crippen LogP contribution in [0.1, 0.15) is 13.8 Å². The molecule has 0 aromatic heterocycles. The lowest BCUT2D eigenvalue weighted by atomic mass is 10.2. The minimum Gasteiger partial charge on any atom is -0.483 e. The minimum absolute atomic E-state index is 0.120. The molecule has 0 fully saturated rings. The maximum absolute atomic E-state index is 5.98. The standard InChI is InChI=1S/C11H14ClN3OS/c1-7(14-15-11(13)17)8(2)16-10-6-4-3-5-9(10)12/h3-6,8H,1-2H3,(H3,13,15,17)/b14-7+. The number of nitrogens with zero attached hydrogens (tertiary/aromatic N) is 1. The number of para-hydroxylation sites is 1. The third kappa shape index (κ3) is 4.58. The Hall–Kier alpha value is -1.33. The molecule has 0 radical (unpaired) electrons. The third-order valence-electron chi connectivity index (χ3n) is 2.07. The van der Waals surface area contributed by atoms with E-state index in [-0.39, 0.29) is 11.2 Å². The number of ether oxygens (including phenoxy) is 1. The molecular weight excluding hydrogens is 258 g/mol. The van der Waals surface area contributed by atoms with E-state index in [9.17, 15) is 0 Å². The first-order valence-electron chi connectivity index (χ1n) is 5.01. The molecule has 0 bridgehead atoms. The van der Waals surface area contributed by atoms with E-state index in [1.165, 1.54) is 0 Å². The second-order valence-corrected chi connectivity index (χ2v) is 4.27. The SMILES string of the molecule is C/C(=N\NC(N)=S)C(C)Oc1ccccc1Cl. The lowest BCUT2D eigenvalue weighted by Crippen LogP contribution is -2.29. The molecule has 0 heterocycles. The zero-order valence-corrected chi connectivity index (χ0v) is 11.2. The van der Waals surface area contributed by atoms with E-state index < -0.39 is 0 Å². The Morgan fingerprint density at radius 3 is 2.76 bits per heavy atom. The fourth-order valence-electron chi connectivity index (χ4n) is 1.05. The minimum atomic E-state index is -0.225. The van der Waals surface area contributed by atoms with Gasteiger partial charge in [-0.15, -0.1) is 0 Å². The molecule has 1 rings (SSSR count). The number of thiocarbonyl (C=S) groups is 1. The third-order valence-corrected chi connectivity index (χ3v) is 2.47. The molecule has 3 N–H and O–H groups in total. The number of hydrazone groups is 1. The Morgan fingerprint density at radius 1 is 1.53 bits per heavy atom. The lowest BCUT2D eigenvalue weighted by Gasteiger charge is -2.15. The first-order chi connectivity index (χ1) is 8.00. The van der Waals surface area contributed by atoms with Crippen molar-refractivity contribution in [1.82, 2.24) is 5.43 Å². The Balaban J connectivity index is 2.66. The van der Waals surface area contributed by atoms with Crippen LogP contribution in [0.2, 0.25) is 5.02 Å². The highest BCUT2D eigenvalue weighted by molar-refractivity contribution is 7.80. The molecule has 1 atom stereocenters.